The van der Waals surface area contributed by atoms with Crippen LogP contribution in [-0.4, -0.2) is 0 Å². The van der Waals surface area contributed by atoms with E-state index in [0.717, 1.165) is 11.8 Å². The summed E-state index contributed by atoms with van der Waals surface area (Å²) < 4.78 is 0. The molecule has 0 fully saturated rings. The number of hydrogen-bond donors (Lipinski definition) is 0. The average Bonchev–Trinajstić information content (AvgIpc) is 2.46. The normalized spacial score (nSPS) is 12.6. The molecule has 0 aliphatic rings. The Morgan fingerprint density at radius 1 is 0.818 bits per heavy atom. The zero-order valence-electron chi connectivity index (χ0n) is 16.3. The zero-order valence-corrected chi connectivity index (χ0v) is 16.3. The Morgan fingerprint density at radius 3 is 1.50 bits per heavy atom. The van der Waals surface area contributed by atoms with Gasteiger partial charge >= 0.3 is 37.7 Å². The summed E-state index contributed by atoms with van der Waals surface area (Å²) in [6.45, 7) is 13.8. The van der Waals surface area contributed by atoms with E-state index >= 15 is 0 Å². The molecule has 0 spiro atoms. The minimum Gasteiger partial charge on any atom is -0.191 e. The Bertz CT molecular complexity index is 356. The fourth-order valence-electron chi connectivity index (χ4n) is 2.62. The van der Waals surface area contributed by atoms with E-state index < -0.39 is 0 Å². The van der Waals surface area contributed by atoms with E-state index in [4.69, 9.17) is 0 Å². The van der Waals surface area contributed by atoms with Crippen molar-refractivity contribution < 1.29 is 37.7 Å². The second kappa shape index (κ2) is 12.6. The quantitative estimate of drug-likeness (QED) is 0.481. The first-order valence-electron chi connectivity index (χ1n) is 8.23. The number of rotatable bonds is 8. The van der Waals surface area contributed by atoms with Gasteiger partial charge in [0.1, 0.15) is 0 Å². The monoisotopic (exact) mass is 286 g/mol. The summed E-state index contributed by atoms with van der Waals surface area (Å²) in [5.41, 5.74) is 2.85. The molecule has 0 nitrogen and oxygen atoms in total. The van der Waals surface area contributed by atoms with Crippen molar-refractivity contribution in [1.29, 1.82) is 0 Å². The van der Waals surface area contributed by atoms with Crippen molar-refractivity contribution in [2.75, 3.05) is 0 Å². The molecule has 114 valence electrons. The predicted molar refractivity (Wildman–Crippen MR) is 90.6 cm³/mol. The van der Waals surface area contributed by atoms with Crippen LogP contribution in [0, 0.1) is 23.7 Å². The largest absolute Gasteiger partial charge is 1.00 e. The molecular weight excluding hydrogens is 254 g/mol. The molecule has 0 radical (unpaired) electrons. The van der Waals surface area contributed by atoms with Crippen molar-refractivity contribution in [3.63, 3.8) is 0 Å². The fraction of sp³-hybridized carbons (Fsp3) is 0.600. The van der Waals surface area contributed by atoms with Crippen LogP contribution in [0.1, 0.15) is 78.4 Å². The molecule has 0 saturated carbocycles. The molecule has 0 aliphatic heterocycles. The van der Waals surface area contributed by atoms with Crippen molar-refractivity contribution in [2.45, 2.75) is 67.2 Å². The maximum absolute atomic E-state index is 2.38. The van der Waals surface area contributed by atoms with Gasteiger partial charge in [-0.15, -0.1) is 0 Å². The summed E-state index contributed by atoms with van der Waals surface area (Å²) in [6, 6.07) is 9.12. The van der Waals surface area contributed by atoms with Gasteiger partial charge < -0.3 is 0 Å². The van der Waals surface area contributed by atoms with Crippen LogP contribution >= 0.6 is 0 Å². The SMILES string of the molecule is CCC(C)C[C-](C)c1cccc([C-](C)CC(C)CC)c1.[Li+].[Li+]. The van der Waals surface area contributed by atoms with Crippen molar-refractivity contribution in [1.82, 2.24) is 0 Å². The molecule has 0 bridgehead atoms. The molecule has 1 rings (SSSR count). The van der Waals surface area contributed by atoms with Crippen LogP contribution in [0.15, 0.2) is 24.3 Å². The van der Waals surface area contributed by atoms with E-state index in [1.165, 1.54) is 48.6 Å². The topological polar surface area (TPSA) is 0 Å². The van der Waals surface area contributed by atoms with Gasteiger partial charge in [-0.1, -0.05) is 79.1 Å². The summed E-state index contributed by atoms with van der Waals surface area (Å²) in [6.07, 6.45) is 4.95. The maximum Gasteiger partial charge on any atom is 1.00 e. The summed E-state index contributed by atoms with van der Waals surface area (Å²) in [4.78, 5) is 0. The van der Waals surface area contributed by atoms with Crippen LogP contribution in [-0.2, 0) is 0 Å². The van der Waals surface area contributed by atoms with Crippen molar-refractivity contribution in [2.24, 2.45) is 11.8 Å². The van der Waals surface area contributed by atoms with Crippen molar-refractivity contribution in [3.05, 3.63) is 47.2 Å². The zero-order chi connectivity index (χ0) is 15.1. The van der Waals surface area contributed by atoms with E-state index in [0.29, 0.717) is 0 Å². The molecule has 0 saturated heterocycles. The summed E-state index contributed by atoms with van der Waals surface area (Å²) in [5.74, 6) is 4.61. The Kier molecular flexibility index (Phi) is 13.9. The molecule has 2 unspecified atom stereocenters. The van der Waals surface area contributed by atoms with E-state index in [9.17, 15) is 0 Å². The second-order valence-electron chi connectivity index (χ2n) is 6.58. The molecule has 1 aromatic carbocycles. The standard InChI is InChI=1S/C20H32.2Li/c1-7-15(3)12-17(5)19-10-9-11-20(14-19)18(6)13-16(4)8-2;;/h9-11,14-16H,7-8,12-13H2,1-6H3;;/q-2;2*+1. The minimum atomic E-state index is 0. The third kappa shape index (κ3) is 8.13. The van der Waals surface area contributed by atoms with E-state index in [1.807, 2.05) is 0 Å². The second-order valence-corrected chi connectivity index (χ2v) is 6.58. The van der Waals surface area contributed by atoms with Crippen LogP contribution in [0.5, 0.6) is 0 Å². The number of benzene rings is 1. The van der Waals surface area contributed by atoms with Crippen LogP contribution in [0.4, 0.5) is 0 Å². The van der Waals surface area contributed by atoms with Gasteiger partial charge in [0.25, 0.3) is 0 Å². The van der Waals surface area contributed by atoms with Crippen LogP contribution in [0.3, 0.4) is 0 Å². The molecule has 0 amide bonds. The Morgan fingerprint density at radius 2 is 1.18 bits per heavy atom. The van der Waals surface area contributed by atoms with Gasteiger partial charge in [0.15, 0.2) is 0 Å². The van der Waals surface area contributed by atoms with Crippen LogP contribution < -0.4 is 37.7 Å². The van der Waals surface area contributed by atoms with Crippen molar-refractivity contribution >= 4 is 0 Å². The van der Waals surface area contributed by atoms with Gasteiger partial charge in [-0.2, -0.15) is 47.2 Å². The van der Waals surface area contributed by atoms with Crippen LogP contribution in [0.2, 0.25) is 0 Å². The predicted octanol–water partition coefficient (Wildman–Crippen LogP) is 0.452. The first kappa shape index (κ1) is 24.4. The van der Waals surface area contributed by atoms with Gasteiger partial charge in [-0.05, 0) is 0 Å². The van der Waals surface area contributed by atoms with Gasteiger partial charge in [0.05, 0.1) is 0 Å². The molecule has 0 aliphatic carbocycles. The summed E-state index contributed by atoms with van der Waals surface area (Å²) in [5, 5.41) is 0. The molecule has 1 aromatic rings. The minimum absolute atomic E-state index is 0. The summed E-state index contributed by atoms with van der Waals surface area (Å²) in [7, 11) is 0. The third-order valence-electron chi connectivity index (χ3n) is 4.55. The number of hydrogen-bond acceptors (Lipinski definition) is 0. The average molecular weight is 286 g/mol. The maximum atomic E-state index is 2.38. The van der Waals surface area contributed by atoms with E-state index in [2.05, 4.69) is 65.8 Å². The fourth-order valence-corrected chi connectivity index (χ4v) is 2.62. The van der Waals surface area contributed by atoms with E-state index in [1.54, 1.807) is 0 Å². The van der Waals surface area contributed by atoms with Gasteiger partial charge in [0, 0.05) is 0 Å². The molecule has 2 heteroatoms. The molecule has 22 heavy (non-hydrogen) atoms. The van der Waals surface area contributed by atoms with Gasteiger partial charge in [0.2, 0.25) is 0 Å². The van der Waals surface area contributed by atoms with Gasteiger partial charge in [-0.3, -0.25) is 0 Å². The first-order valence-corrected chi connectivity index (χ1v) is 8.23. The van der Waals surface area contributed by atoms with Gasteiger partial charge in [-0.25, -0.2) is 0 Å². The molecule has 2 atom stereocenters. The molecule has 0 N–H and O–H groups in total. The van der Waals surface area contributed by atoms with Crippen LogP contribution in [0.25, 0.3) is 0 Å². The Labute approximate surface area is 163 Å². The molecule has 0 aromatic heterocycles. The van der Waals surface area contributed by atoms with E-state index in [-0.39, 0.29) is 37.7 Å². The Balaban J connectivity index is 0. The molecule has 0 heterocycles. The Hall–Kier alpha value is 0.155. The van der Waals surface area contributed by atoms with Crippen molar-refractivity contribution in [3.8, 4) is 0 Å². The summed E-state index contributed by atoms with van der Waals surface area (Å²) >= 11 is 0. The third-order valence-corrected chi connectivity index (χ3v) is 4.55. The molecular formula is C20H32Li2. The smallest absolute Gasteiger partial charge is 0.191 e. The first-order chi connectivity index (χ1) is 9.47.